The van der Waals surface area contributed by atoms with Crippen LogP contribution in [0.25, 0.3) is 0 Å². The monoisotopic (exact) mass is 447 g/mol. The lowest BCUT2D eigenvalue weighted by Crippen LogP contribution is -2.57. The first-order chi connectivity index (χ1) is 15.9. The van der Waals surface area contributed by atoms with Gasteiger partial charge in [-0.05, 0) is 35.4 Å². The van der Waals surface area contributed by atoms with Gasteiger partial charge in [0.05, 0.1) is 0 Å². The summed E-state index contributed by atoms with van der Waals surface area (Å²) in [5.41, 5.74) is -0.719. The van der Waals surface area contributed by atoms with Gasteiger partial charge in [0.15, 0.2) is 11.5 Å². The Balaban J connectivity index is 1.59. The SMILES string of the molecule is O=C(O)C1(Cc2ccc(F)cc2)CC2(C(=O)Nc3ccccc32)c2cc3c(cc2O1)OCO3. The summed E-state index contributed by atoms with van der Waals surface area (Å²) in [5.74, 6) is -0.856. The zero-order chi connectivity index (χ0) is 22.8. The molecule has 0 saturated heterocycles. The lowest BCUT2D eigenvalue weighted by molar-refractivity contribution is -0.159. The van der Waals surface area contributed by atoms with Gasteiger partial charge in [-0.3, -0.25) is 4.79 Å². The molecular formula is C25H18FNO6. The zero-order valence-corrected chi connectivity index (χ0v) is 17.3. The van der Waals surface area contributed by atoms with E-state index in [1.807, 2.05) is 12.1 Å². The van der Waals surface area contributed by atoms with Gasteiger partial charge in [0.2, 0.25) is 18.3 Å². The first-order valence-corrected chi connectivity index (χ1v) is 10.4. The smallest absolute Gasteiger partial charge is 0.348 e. The summed E-state index contributed by atoms with van der Waals surface area (Å²) in [6.45, 7) is 0.0215. The largest absolute Gasteiger partial charge is 0.478 e. The molecule has 3 heterocycles. The first kappa shape index (κ1) is 19.6. The molecule has 2 N–H and O–H groups in total. The molecule has 8 heteroatoms. The lowest BCUT2D eigenvalue weighted by Gasteiger charge is -2.44. The van der Waals surface area contributed by atoms with Crippen molar-refractivity contribution in [1.29, 1.82) is 0 Å². The second-order valence-electron chi connectivity index (χ2n) is 8.49. The molecule has 6 rings (SSSR count). The average molecular weight is 447 g/mol. The highest BCUT2D eigenvalue weighted by Gasteiger charge is 2.61. The van der Waals surface area contributed by atoms with Crippen molar-refractivity contribution in [3.8, 4) is 17.2 Å². The molecule has 1 spiro atoms. The maximum absolute atomic E-state index is 13.6. The van der Waals surface area contributed by atoms with Crippen LogP contribution in [0.15, 0.2) is 60.7 Å². The van der Waals surface area contributed by atoms with E-state index in [2.05, 4.69) is 5.32 Å². The number of ether oxygens (including phenoxy) is 3. The van der Waals surface area contributed by atoms with E-state index in [1.54, 1.807) is 24.3 Å². The van der Waals surface area contributed by atoms with Crippen LogP contribution >= 0.6 is 0 Å². The van der Waals surface area contributed by atoms with E-state index >= 15 is 0 Å². The van der Waals surface area contributed by atoms with Gasteiger partial charge in [-0.1, -0.05) is 30.3 Å². The molecule has 33 heavy (non-hydrogen) atoms. The highest BCUT2D eigenvalue weighted by molar-refractivity contribution is 6.10. The Morgan fingerprint density at radius 1 is 1.00 bits per heavy atom. The molecule has 1 amide bonds. The number of hydrogen-bond acceptors (Lipinski definition) is 5. The van der Waals surface area contributed by atoms with Crippen molar-refractivity contribution in [2.75, 3.05) is 12.1 Å². The van der Waals surface area contributed by atoms with Crippen LogP contribution in [0.4, 0.5) is 10.1 Å². The van der Waals surface area contributed by atoms with Crippen molar-refractivity contribution in [1.82, 2.24) is 0 Å². The third kappa shape index (κ3) is 2.73. The average Bonchev–Trinajstić information content (AvgIpc) is 3.36. The third-order valence-corrected chi connectivity index (χ3v) is 6.61. The summed E-state index contributed by atoms with van der Waals surface area (Å²) in [6.07, 6.45) is -0.212. The van der Waals surface area contributed by atoms with E-state index in [9.17, 15) is 19.1 Å². The number of fused-ring (bicyclic) bond motifs is 5. The number of para-hydroxylation sites is 1. The van der Waals surface area contributed by atoms with Gasteiger partial charge in [0, 0.05) is 30.2 Å². The Morgan fingerprint density at radius 3 is 2.48 bits per heavy atom. The normalized spacial score (nSPS) is 24.1. The van der Waals surface area contributed by atoms with E-state index in [4.69, 9.17) is 14.2 Å². The van der Waals surface area contributed by atoms with E-state index in [0.29, 0.717) is 33.9 Å². The van der Waals surface area contributed by atoms with E-state index in [1.165, 1.54) is 24.3 Å². The Morgan fingerprint density at radius 2 is 1.73 bits per heavy atom. The Hall–Kier alpha value is -4.07. The molecule has 0 radical (unpaired) electrons. The van der Waals surface area contributed by atoms with Crippen molar-refractivity contribution >= 4 is 17.6 Å². The number of anilines is 1. The fourth-order valence-corrected chi connectivity index (χ4v) is 5.10. The minimum absolute atomic E-state index is 0.0215. The molecule has 0 bridgehead atoms. The molecular weight excluding hydrogens is 429 g/mol. The van der Waals surface area contributed by atoms with Crippen molar-refractivity contribution in [2.24, 2.45) is 0 Å². The number of carbonyl (C=O) groups is 2. The minimum atomic E-state index is -1.78. The Labute approximate surface area is 187 Å². The van der Waals surface area contributed by atoms with E-state index < -0.39 is 22.8 Å². The van der Waals surface area contributed by atoms with Gasteiger partial charge in [0.1, 0.15) is 17.0 Å². The summed E-state index contributed by atoms with van der Waals surface area (Å²) in [7, 11) is 0. The number of carbonyl (C=O) groups excluding carboxylic acids is 1. The molecule has 2 atom stereocenters. The summed E-state index contributed by atoms with van der Waals surface area (Å²) >= 11 is 0. The summed E-state index contributed by atoms with van der Waals surface area (Å²) in [5, 5.41) is 13.3. The fourth-order valence-electron chi connectivity index (χ4n) is 5.10. The van der Waals surface area contributed by atoms with Crippen LogP contribution in [-0.4, -0.2) is 29.4 Å². The fraction of sp³-hybridized carbons (Fsp3) is 0.200. The predicted molar refractivity (Wildman–Crippen MR) is 114 cm³/mol. The van der Waals surface area contributed by atoms with Gasteiger partial charge in [-0.2, -0.15) is 0 Å². The predicted octanol–water partition coefficient (Wildman–Crippen LogP) is 3.64. The van der Waals surface area contributed by atoms with Crippen LogP contribution < -0.4 is 19.5 Å². The maximum Gasteiger partial charge on any atom is 0.348 e. The molecule has 0 fully saturated rings. The highest BCUT2D eigenvalue weighted by atomic mass is 19.1. The topological polar surface area (TPSA) is 94.1 Å². The van der Waals surface area contributed by atoms with Crippen molar-refractivity contribution in [3.63, 3.8) is 0 Å². The number of aliphatic carboxylic acids is 1. The maximum atomic E-state index is 13.6. The van der Waals surface area contributed by atoms with Gasteiger partial charge in [-0.15, -0.1) is 0 Å². The molecule has 166 valence electrons. The summed E-state index contributed by atoms with van der Waals surface area (Å²) < 4.78 is 30.7. The van der Waals surface area contributed by atoms with Gasteiger partial charge in [0.25, 0.3) is 0 Å². The Kier molecular flexibility index (Phi) is 3.99. The van der Waals surface area contributed by atoms with Gasteiger partial charge < -0.3 is 24.6 Å². The number of carboxylic acid groups (broad SMARTS) is 1. The summed E-state index contributed by atoms with van der Waals surface area (Å²) in [6, 6.07) is 16.1. The number of rotatable bonds is 3. The molecule has 3 aromatic carbocycles. The van der Waals surface area contributed by atoms with Crippen molar-refractivity contribution in [2.45, 2.75) is 23.9 Å². The van der Waals surface area contributed by atoms with Crippen LogP contribution in [0, 0.1) is 5.82 Å². The Bertz CT molecular complexity index is 1320. The molecule has 0 saturated carbocycles. The molecule has 0 aliphatic carbocycles. The quantitative estimate of drug-likeness (QED) is 0.637. The lowest BCUT2D eigenvalue weighted by atomic mass is 9.65. The van der Waals surface area contributed by atoms with Crippen LogP contribution in [-0.2, 0) is 21.4 Å². The third-order valence-electron chi connectivity index (χ3n) is 6.61. The number of nitrogens with one attached hydrogen (secondary N) is 1. The van der Waals surface area contributed by atoms with Crippen LogP contribution in [0.3, 0.4) is 0 Å². The second-order valence-corrected chi connectivity index (χ2v) is 8.49. The number of carboxylic acids is 1. The zero-order valence-electron chi connectivity index (χ0n) is 17.3. The first-order valence-electron chi connectivity index (χ1n) is 10.4. The van der Waals surface area contributed by atoms with Crippen molar-refractivity contribution < 1.29 is 33.3 Å². The van der Waals surface area contributed by atoms with Crippen molar-refractivity contribution in [3.05, 3.63) is 83.2 Å². The van der Waals surface area contributed by atoms with Crippen LogP contribution in [0.5, 0.6) is 17.2 Å². The van der Waals surface area contributed by atoms with E-state index in [-0.39, 0.29) is 31.3 Å². The standard InChI is InChI=1S/C25H18FNO6/c26-15-7-5-14(6-8-15)11-24(23(29)30)12-25(16-3-1-2-4-18(16)27-22(25)28)17-9-20-21(32-13-31-20)10-19(17)33-24/h1-10H,11-13H2,(H,27,28)(H,29,30). The number of hydrogen-bond donors (Lipinski definition) is 2. The highest BCUT2D eigenvalue weighted by Crippen LogP contribution is 2.57. The van der Waals surface area contributed by atoms with Gasteiger partial charge in [-0.25, -0.2) is 9.18 Å². The molecule has 7 nitrogen and oxygen atoms in total. The van der Waals surface area contributed by atoms with Crippen LogP contribution in [0.1, 0.15) is 23.1 Å². The molecule has 2 unspecified atom stereocenters. The number of benzene rings is 3. The minimum Gasteiger partial charge on any atom is -0.478 e. The molecule has 0 aromatic heterocycles. The molecule has 3 aliphatic rings. The second kappa shape index (κ2) is 6.71. The number of halogens is 1. The molecule has 3 aliphatic heterocycles. The number of amides is 1. The summed E-state index contributed by atoms with van der Waals surface area (Å²) in [4.78, 5) is 26.4. The van der Waals surface area contributed by atoms with E-state index in [0.717, 1.165) is 0 Å². The molecule has 3 aromatic rings. The van der Waals surface area contributed by atoms with Gasteiger partial charge >= 0.3 is 5.97 Å². The van der Waals surface area contributed by atoms with Crippen LogP contribution in [0.2, 0.25) is 0 Å².